The second kappa shape index (κ2) is 6.13. The lowest BCUT2D eigenvalue weighted by molar-refractivity contribution is -0.130. The third kappa shape index (κ3) is 2.75. The Hall–Kier alpha value is -1.81. The molecule has 0 aromatic heterocycles. The molecule has 4 heteroatoms. The number of carbonyl (C=O) groups is 1. The van der Waals surface area contributed by atoms with Crippen molar-refractivity contribution in [3.05, 3.63) is 42.0 Å². The highest BCUT2D eigenvalue weighted by Crippen LogP contribution is 2.41. The third-order valence-electron chi connectivity index (χ3n) is 4.92. The van der Waals surface area contributed by atoms with Crippen LogP contribution in [0.1, 0.15) is 30.4 Å². The molecule has 0 saturated heterocycles. The zero-order valence-corrected chi connectivity index (χ0v) is 12.9. The summed E-state index contributed by atoms with van der Waals surface area (Å²) >= 11 is 0. The van der Waals surface area contributed by atoms with E-state index < -0.39 is 0 Å². The molecule has 22 heavy (non-hydrogen) atoms. The summed E-state index contributed by atoms with van der Waals surface area (Å²) in [5.41, 5.74) is 2.12. The molecule has 4 nitrogen and oxygen atoms in total. The lowest BCUT2D eigenvalue weighted by Crippen LogP contribution is -2.46. The van der Waals surface area contributed by atoms with Gasteiger partial charge in [-0.1, -0.05) is 31.2 Å². The second-order valence-electron chi connectivity index (χ2n) is 6.41. The van der Waals surface area contributed by atoms with E-state index in [4.69, 9.17) is 4.74 Å². The lowest BCUT2D eigenvalue weighted by Gasteiger charge is -2.43. The first-order chi connectivity index (χ1) is 10.7. The van der Waals surface area contributed by atoms with Gasteiger partial charge in [0.25, 0.3) is 0 Å². The van der Waals surface area contributed by atoms with E-state index >= 15 is 0 Å². The van der Waals surface area contributed by atoms with Crippen LogP contribution in [0.5, 0.6) is 5.75 Å². The van der Waals surface area contributed by atoms with E-state index in [0.717, 1.165) is 37.0 Å². The van der Waals surface area contributed by atoms with Crippen molar-refractivity contribution in [3.8, 4) is 5.75 Å². The molecular weight excluding hydrogens is 278 g/mol. The van der Waals surface area contributed by atoms with E-state index in [1.165, 1.54) is 11.6 Å². The molecule has 0 unspecified atom stereocenters. The molecule has 118 valence electrons. The average molecular weight is 301 g/mol. The van der Waals surface area contributed by atoms with Crippen LogP contribution in [0.2, 0.25) is 0 Å². The molecule has 0 bridgehead atoms. The Morgan fingerprint density at radius 2 is 2.27 bits per heavy atom. The molecule has 1 heterocycles. The van der Waals surface area contributed by atoms with Gasteiger partial charge < -0.3 is 14.7 Å². The number of hydrogen-bond donors (Lipinski definition) is 1. The first-order valence-electron chi connectivity index (χ1n) is 7.93. The summed E-state index contributed by atoms with van der Waals surface area (Å²) in [6.45, 7) is 5.55. The summed E-state index contributed by atoms with van der Waals surface area (Å²) in [5, 5.41) is 9.67. The largest absolute Gasteiger partial charge is 0.493 e. The number of benzene rings is 1. The molecule has 1 amide bonds. The number of rotatable bonds is 6. The van der Waals surface area contributed by atoms with Crippen LogP contribution in [0.15, 0.2) is 30.9 Å². The normalized spacial score (nSPS) is 18.0. The number of aliphatic hydroxyl groups is 1. The highest BCUT2D eigenvalue weighted by molar-refractivity contribution is 5.87. The fraction of sp³-hybridized carbons (Fsp3) is 0.500. The fourth-order valence-corrected chi connectivity index (χ4v) is 3.40. The Kier molecular flexibility index (Phi) is 4.21. The van der Waals surface area contributed by atoms with Gasteiger partial charge >= 0.3 is 0 Å². The summed E-state index contributed by atoms with van der Waals surface area (Å²) in [5.74, 6) is 0.839. The highest BCUT2D eigenvalue weighted by atomic mass is 16.5. The molecule has 1 aliphatic carbocycles. The van der Waals surface area contributed by atoms with Crippen LogP contribution in [0.25, 0.3) is 0 Å². The number of amides is 1. The minimum atomic E-state index is -0.127. The number of fused-ring (bicyclic) bond motifs is 1. The number of nitrogens with zero attached hydrogens (tertiary/aromatic N) is 1. The van der Waals surface area contributed by atoms with Crippen LogP contribution in [0, 0.1) is 5.41 Å². The quantitative estimate of drug-likeness (QED) is 0.820. The highest BCUT2D eigenvalue weighted by Gasteiger charge is 2.39. The van der Waals surface area contributed by atoms with Crippen LogP contribution in [0.4, 0.5) is 0 Å². The smallest absolute Gasteiger partial charge is 0.246 e. The number of hydrogen-bond acceptors (Lipinski definition) is 3. The van der Waals surface area contributed by atoms with Gasteiger partial charge in [-0.3, -0.25) is 4.79 Å². The minimum absolute atomic E-state index is 0.0877. The van der Waals surface area contributed by atoms with Crippen LogP contribution < -0.4 is 4.74 Å². The van der Waals surface area contributed by atoms with E-state index in [1.807, 2.05) is 12.1 Å². The Balaban J connectivity index is 1.80. The number of ether oxygens (including phenoxy) is 1. The van der Waals surface area contributed by atoms with Gasteiger partial charge in [0.05, 0.1) is 13.2 Å². The van der Waals surface area contributed by atoms with Crippen molar-refractivity contribution >= 4 is 5.91 Å². The number of carbonyl (C=O) groups excluding carboxylic acids is 1. The van der Waals surface area contributed by atoms with E-state index in [2.05, 4.69) is 12.6 Å². The van der Waals surface area contributed by atoms with E-state index in [9.17, 15) is 9.90 Å². The summed E-state index contributed by atoms with van der Waals surface area (Å²) in [6.07, 6.45) is 5.37. The van der Waals surface area contributed by atoms with Crippen LogP contribution >= 0.6 is 0 Å². The molecule has 0 radical (unpaired) electrons. The molecule has 1 aliphatic heterocycles. The monoisotopic (exact) mass is 301 g/mol. The van der Waals surface area contributed by atoms with Crippen molar-refractivity contribution < 1.29 is 14.6 Å². The van der Waals surface area contributed by atoms with Crippen molar-refractivity contribution in [2.24, 2.45) is 5.41 Å². The Morgan fingerprint density at radius 3 is 2.91 bits per heavy atom. The molecule has 1 fully saturated rings. The Labute approximate surface area is 131 Å². The molecular formula is C18H23NO3. The number of para-hydroxylation sites is 1. The van der Waals surface area contributed by atoms with Gasteiger partial charge in [0.2, 0.25) is 5.91 Å². The van der Waals surface area contributed by atoms with Crippen LogP contribution in [-0.2, 0) is 17.8 Å². The summed E-state index contributed by atoms with van der Waals surface area (Å²) < 4.78 is 5.73. The SMILES string of the molecule is C=CC(=O)N(Cc1cccc2c1OCC2)CC1(CO)CCC1. The molecule has 3 rings (SSSR count). The predicted molar refractivity (Wildman–Crippen MR) is 84.6 cm³/mol. The lowest BCUT2D eigenvalue weighted by atomic mass is 9.69. The van der Waals surface area contributed by atoms with Gasteiger partial charge in [0.15, 0.2) is 0 Å². The summed E-state index contributed by atoms with van der Waals surface area (Å²) in [4.78, 5) is 14.0. The third-order valence-corrected chi connectivity index (χ3v) is 4.92. The maximum Gasteiger partial charge on any atom is 0.246 e. The minimum Gasteiger partial charge on any atom is -0.493 e. The van der Waals surface area contributed by atoms with Crippen LogP contribution in [-0.4, -0.2) is 35.7 Å². The van der Waals surface area contributed by atoms with Crippen LogP contribution in [0.3, 0.4) is 0 Å². The van der Waals surface area contributed by atoms with Crippen molar-refractivity contribution in [2.75, 3.05) is 19.8 Å². The molecule has 0 atom stereocenters. The van der Waals surface area contributed by atoms with Gasteiger partial charge in [-0.05, 0) is 24.5 Å². The standard InChI is InChI=1S/C18H23NO3/c1-2-16(21)19(12-18(13-20)8-4-9-18)11-15-6-3-5-14-7-10-22-17(14)15/h2-3,5-6,20H,1,4,7-13H2. The Bertz CT molecular complexity index is 572. The topological polar surface area (TPSA) is 49.8 Å². The van der Waals surface area contributed by atoms with Gasteiger partial charge in [-0.25, -0.2) is 0 Å². The van der Waals surface area contributed by atoms with Crippen molar-refractivity contribution in [1.29, 1.82) is 0 Å². The van der Waals surface area contributed by atoms with Gasteiger partial charge in [0.1, 0.15) is 5.75 Å². The van der Waals surface area contributed by atoms with E-state index in [-0.39, 0.29) is 17.9 Å². The molecule has 1 aromatic rings. The van der Waals surface area contributed by atoms with Crippen molar-refractivity contribution in [1.82, 2.24) is 4.90 Å². The zero-order valence-electron chi connectivity index (χ0n) is 12.9. The van der Waals surface area contributed by atoms with Gasteiger partial charge in [-0.2, -0.15) is 0 Å². The molecule has 2 aliphatic rings. The molecule has 1 aromatic carbocycles. The van der Waals surface area contributed by atoms with E-state index in [1.54, 1.807) is 4.90 Å². The second-order valence-corrected chi connectivity index (χ2v) is 6.41. The Morgan fingerprint density at radius 1 is 1.45 bits per heavy atom. The summed E-state index contributed by atoms with van der Waals surface area (Å²) in [6, 6.07) is 6.11. The first kappa shape index (κ1) is 15.1. The fourth-order valence-electron chi connectivity index (χ4n) is 3.40. The maximum absolute atomic E-state index is 12.2. The van der Waals surface area contributed by atoms with Crippen molar-refractivity contribution in [3.63, 3.8) is 0 Å². The van der Waals surface area contributed by atoms with E-state index in [0.29, 0.717) is 19.7 Å². The molecule has 0 spiro atoms. The summed E-state index contributed by atoms with van der Waals surface area (Å²) in [7, 11) is 0. The zero-order chi connectivity index (χ0) is 15.6. The van der Waals surface area contributed by atoms with Gasteiger partial charge in [-0.15, -0.1) is 0 Å². The predicted octanol–water partition coefficient (Wildman–Crippen LogP) is 2.30. The first-order valence-corrected chi connectivity index (χ1v) is 7.93. The maximum atomic E-state index is 12.2. The molecule has 1 N–H and O–H groups in total. The molecule has 1 saturated carbocycles. The number of aliphatic hydroxyl groups excluding tert-OH is 1. The average Bonchev–Trinajstić information content (AvgIpc) is 2.98. The van der Waals surface area contributed by atoms with Gasteiger partial charge in [0, 0.05) is 30.5 Å². The van der Waals surface area contributed by atoms with Crippen molar-refractivity contribution in [2.45, 2.75) is 32.2 Å².